The maximum absolute atomic E-state index is 17.9. The molecule has 1 aromatic heterocycles. The van der Waals surface area contributed by atoms with Crippen molar-refractivity contribution < 1.29 is 18.7 Å². The van der Waals surface area contributed by atoms with Gasteiger partial charge in [-0.2, -0.15) is 9.97 Å². The summed E-state index contributed by atoms with van der Waals surface area (Å²) in [5, 5.41) is 2.66. The number of aromatic nitrogens is 2. The molecule has 2 unspecified atom stereocenters. The summed E-state index contributed by atoms with van der Waals surface area (Å²) in [4.78, 5) is 30.4. The Balaban J connectivity index is 1.11. The summed E-state index contributed by atoms with van der Waals surface area (Å²) in [6.45, 7) is 26.9. The van der Waals surface area contributed by atoms with Gasteiger partial charge in [0.2, 0.25) is 0 Å². The first kappa shape index (κ1) is 44.0. The van der Waals surface area contributed by atoms with Crippen LogP contribution in [0.4, 0.5) is 15.0 Å². The van der Waals surface area contributed by atoms with Gasteiger partial charge >= 0.3 is 12.1 Å². The summed E-state index contributed by atoms with van der Waals surface area (Å²) >= 11 is 0. The van der Waals surface area contributed by atoms with Crippen LogP contribution in [0.1, 0.15) is 125 Å². The van der Waals surface area contributed by atoms with Crippen LogP contribution in [0.5, 0.6) is 6.01 Å². The summed E-state index contributed by atoms with van der Waals surface area (Å²) < 4.78 is 30.4. The molecule has 3 aromatic carbocycles. The van der Waals surface area contributed by atoms with E-state index in [4.69, 9.17) is 19.4 Å². The van der Waals surface area contributed by atoms with Gasteiger partial charge in [-0.3, -0.25) is 4.90 Å². The van der Waals surface area contributed by atoms with Gasteiger partial charge in [0, 0.05) is 46.9 Å². The average molecular weight is 872 g/mol. The third-order valence-electron chi connectivity index (χ3n) is 15.7. The number of fused-ring (bicyclic) bond motifs is 4. The standard InChI is InChI=1S/C53H70FN5O3Si/c1-34(2)63(35(3)4,36(5)6)27-18-38-12-11-13-39-28-37(7)29-44(45(38)39)42-16-17-43-47(46(42)54)55-49(61-33-53(21-22-53)32-57-25-23-52(19-20-52)24-26-57)56-48(43)58-30-40-14-15-41(31-58)59(40)50(60)62-51(8,9)10/h11-13,16-17,28-29,34-36,40-41H,14-15,19-26,30-33H2,1-10H3. The average Bonchev–Trinajstić information content (AvgIpc) is 4.15. The van der Waals surface area contributed by atoms with E-state index in [1.807, 2.05) is 37.8 Å². The maximum atomic E-state index is 17.9. The van der Waals surface area contributed by atoms with Gasteiger partial charge in [-0.15, -0.1) is 5.54 Å². The number of piperidine rings is 1. The van der Waals surface area contributed by atoms with Crippen molar-refractivity contribution in [2.45, 2.75) is 155 Å². The van der Waals surface area contributed by atoms with Crippen LogP contribution >= 0.6 is 0 Å². The van der Waals surface area contributed by atoms with Crippen LogP contribution in [0, 0.1) is 35.0 Å². The van der Waals surface area contributed by atoms with Crippen molar-refractivity contribution in [1.82, 2.24) is 19.8 Å². The molecule has 0 N–H and O–H groups in total. The fourth-order valence-corrected chi connectivity index (χ4v) is 17.1. The van der Waals surface area contributed by atoms with Crippen LogP contribution in [-0.2, 0) is 4.74 Å². The van der Waals surface area contributed by atoms with Gasteiger partial charge in [0.1, 0.15) is 25.0 Å². The molecular weight excluding hydrogens is 802 g/mol. The number of rotatable bonds is 10. The van der Waals surface area contributed by atoms with Crippen LogP contribution < -0.4 is 9.64 Å². The summed E-state index contributed by atoms with van der Waals surface area (Å²) in [7, 11) is -2.04. The lowest BCUT2D eigenvalue weighted by atomic mass is 9.92. The van der Waals surface area contributed by atoms with E-state index in [-0.39, 0.29) is 40.9 Å². The predicted octanol–water partition coefficient (Wildman–Crippen LogP) is 12.1. The number of ether oxygens (including phenoxy) is 2. The van der Waals surface area contributed by atoms with Gasteiger partial charge in [-0.25, -0.2) is 9.18 Å². The van der Waals surface area contributed by atoms with Crippen LogP contribution in [0.25, 0.3) is 32.8 Å². The summed E-state index contributed by atoms with van der Waals surface area (Å²) in [5.41, 5.74) is 9.12. The molecule has 8 nitrogen and oxygen atoms in total. The Morgan fingerprint density at radius 2 is 1.56 bits per heavy atom. The quantitative estimate of drug-likeness (QED) is 0.116. The number of likely N-dealkylation sites (tertiary alicyclic amines) is 1. The van der Waals surface area contributed by atoms with E-state index in [0.29, 0.717) is 58.5 Å². The van der Waals surface area contributed by atoms with Crippen molar-refractivity contribution in [2.24, 2.45) is 10.8 Å². The molecule has 1 spiro atoms. The van der Waals surface area contributed by atoms with E-state index in [1.54, 1.807) is 0 Å². The number of hydrogen-bond donors (Lipinski definition) is 0. The first-order chi connectivity index (χ1) is 29.9. The number of nitrogens with zero attached hydrogens (tertiary/aromatic N) is 5. The molecule has 3 saturated heterocycles. The second kappa shape index (κ2) is 16.3. The lowest BCUT2D eigenvalue weighted by Gasteiger charge is -2.42. The Morgan fingerprint density at radius 1 is 0.889 bits per heavy atom. The number of amides is 1. The van der Waals surface area contributed by atoms with Crippen molar-refractivity contribution in [1.29, 1.82) is 0 Å². The molecule has 2 atom stereocenters. The fourth-order valence-electron chi connectivity index (χ4n) is 11.9. The number of benzene rings is 3. The van der Waals surface area contributed by atoms with Crippen LogP contribution in [-0.4, -0.2) is 91.0 Å². The zero-order valence-corrected chi connectivity index (χ0v) is 40.7. The highest BCUT2D eigenvalue weighted by Gasteiger charge is 2.49. The van der Waals surface area contributed by atoms with Gasteiger partial charge in [0.05, 0.1) is 18.7 Å². The third kappa shape index (κ3) is 8.47. The Morgan fingerprint density at radius 3 is 2.16 bits per heavy atom. The first-order valence-corrected chi connectivity index (χ1v) is 26.3. The normalized spacial score (nSPS) is 21.7. The smallest absolute Gasteiger partial charge is 0.410 e. The first-order valence-electron chi connectivity index (χ1n) is 24.1. The second-order valence-electron chi connectivity index (χ2n) is 22.3. The molecule has 3 aliphatic heterocycles. The lowest BCUT2D eigenvalue weighted by molar-refractivity contribution is 0.0122. The summed E-state index contributed by atoms with van der Waals surface area (Å²) in [6.07, 6.45) is 9.15. The third-order valence-corrected chi connectivity index (χ3v) is 22.0. The second-order valence-corrected chi connectivity index (χ2v) is 27.8. The highest BCUT2D eigenvalue weighted by atomic mass is 28.3. The van der Waals surface area contributed by atoms with E-state index >= 15 is 4.39 Å². The monoisotopic (exact) mass is 872 g/mol. The van der Waals surface area contributed by atoms with Crippen LogP contribution in [0.2, 0.25) is 16.6 Å². The number of aryl methyl sites for hydroxylation is 1. The Labute approximate surface area is 376 Å². The molecule has 10 heteroatoms. The number of hydrogen-bond acceptors (Lipinski definition) is 7. The fraction of sp³-hybridized carbons (Fsp3) is 0.604. The van der Waals surface area contributed by atoms with Crippen molar-refractivity contribution in [3.8, 4) is 28.6 Å². The number of anilines is 1. The van der Waals surface area contributed by atoms with Crippen molar-refractivity contribution in [2.75, 3.05) is 44.2 Å². The van der Waals surface area contributed by atoms with Gasteiger partial charge in [-0.05, 0) is 143 Å². The summed E-state index contributed by atoms with van der Waals surface area (Å²) in [5.74, 6) is 4.00. The molecule has 2 aliphatic carbocycles. The molecule has 336 valence electrons. The molecule has 0 radical (unpaired) electrons. The molecule has 9 rings (SSSR count). The van der Waals surface area contributed by atoms with E-state index in [9.17, 15) is 4.79 Å². The number of carbonyl (C=O) groups is 1. The summed E-state index contributed by atoms with van der Waals surface area (Å²) in [6, 6.07) is 14.6. The van der Waals surface area contributed by atoms with Gasteiger partial charge in [-0.1, -0.05) is 77.8 Å². The minimum Gasteiger partial charge on any atom is -0.463 e. The SMILES string of the molecule is Cc1cc(-c2ccc3c(N4CC5CCC(C4)N5C(=O)OC(C)(C)C)nc(OCC4(CN5CCC6(CC5)CC6)CC4)nc3c2F)c2c(C#C[Si](C(C)C)(C(C)C)C(C)C)cccc2c1. The van der Waals surface area contributed by atoms with E-state index in [2.05, 4.69) is 100 Å². The van der Waals surface area contributed by atoms with Crippen molar-refractivity contribution >= 4 is 41.7 Å². The van der Waals surface area contributed by atoms with Gasteiger partial charge in [0.15, 0.2) is 5.82 Å². The minimum absolute atomic E-state index is 0.0340. The molecule has 5 aliphatic rings. The highest BCUT2D eigenvalue weighted by molar-refractivity contribution is 6.90. The molecule has 5 fully saturated rings. The van der Waals surface area contributed by atoms with Gasteiger partial charge in [0.25, 0.3) is 0 Å². The zero-order valence-electron chi connectivity index (χ0n) is 39.7. The number of carbonyl (C=O) groups excluding carboxylic acids is 1. The Bertz CT molecular complexity index is 2430. The highest BCUT2D eigenvalue weighted by Crippen LogP contribution is 2.55. The van der Waals surface area contributed by atoms with E-state index < -0.39 is 13.7 Å². The topological polar surface area (TPSA) is 71.0 Å². The largest absolute Gasteiger partial charge is 0.463 e. The Kier molecular flexibility index (Phi) is 11.4. The Hall–Kier alpha value is -4.20. The molecular formula is C53H70FN5O3Si. The molecule has 2 saturated carbocycles. The van der Waals surface area contributed by atoms with Crippen molar-refractivity contribution in [3.05, 3.63) is 59.4 Å². The minimum atomic E-state index is -2.04. The molecule has 4 aromatic rings. The van der Waals surface area contributed by atoms with Gasteiger partial charge < -0.3 is 19.3 Å². The lowest BCUT2D eigenvalue weighted by Crippen LogP contribution is -2.57. The number of halogens is 1. The molecule has 4 heterocycles. The van der Waals surface area contributed by atoms with E-state index in [1.165, 1.54) is 38.8 Å². The molecule has 63 heavy (non-hydrogen) atoms. The molecule has 1 amide bonds. The van der Waals surface area contributed by atoms with Crippen LogP contribution in [0.15, 0.2) is 42.5 Å². The maximum Gasteiger partial charge on any atom is 0.410 e. The number of piperazine rings is 1. The zero-order chi connectivity index (χ0) is 44.6. The van der Waals surface area contributed by atoms with E-state index in [0.717, 1.165) is 59.7 Å². The predicted molar refractivity (Wildman–Crippen MR) is 257 cm³/mol. The molecule has 2 bridgehead atoms. The van der Waals surface area contributed by atoms with Crippen LogP contribution in [0.3, 0.4) is 0 Å². The van der Waals surface area contributed by atoms with Crippen molar-refractivity contribution in [3.63, 3.8) is 0 Å².